The number of amides is 1. The summed E-state index contributed by atoms with van der Waals surface area (Å²) in [4.78, 5) is 20.3. The summed E-state index contributed by atoms with van der Waals surface area (Å²) in [5, 5.41) is 3.97. The molecule has 0 saturated carbocycles. The number of fused-ring (bicyclic) bond motifs is 2. The monoisotopic (exact) mass is 358 g/mol. The molecule has 3 heterocycles. The van der Waals surface area contributed by atoms with E-state index in [2.05, 4.69) is 17.3 Å². The van der Waals surface area contributed by atoms with Gasteiger partial charge >= 0.3 is 0 Å². The van der Waals surface area contributed by atoms with Gasteiger partial charge in [-0.3, -0.25) is 4.79 Å². The summed E-state index contributed by atoms with van der Waals surface area (Å²) in [6.07, 6.45) is 3.06. The maximum absolute atomic E-state index is 12.9. The van der Waals surface area contributed by atoms with E-state index in [0.29, 0.717) is 26.1 Å². The minimum atomic E-state index is -0.854. The maximum atomic E-state index is 12.9. The molecular weight excluding hydrogens is 332 g/mol. The third-order valence-electron chi connectivity index (χ3n) is 5.86. The fourth-order valence-corrected chi connectivity index (χ4v) is 4.45. The number of nitrogens with zero attached hydrogens (tertiary/aromatic N) is 2. The number of methoxy groups -OCH3 is 1. The van der Waals surface area contributed by atoms with Crippen LogP contribution in [0.15, 0.2) is 23.4 Å². The molecule has 140 valence electrons. The topological polar surface area (TPSA) is 60.4 Å². The summed E-state index contributed by atoms with van der Waals surface area (Å²) in [5.74, 6) is 0.911. The minimum Gasteiger partial charge on any atom is -0.497 e. The molecule has 0 aromatic heterocycles. The molecule has 1 atom stereocenters. The number of oxime groups is 1. The van der Waals surface area contributed by atoms with Crippen LogP contribution in [0.5, 0.6) is 5.75 Å². The summed E-state index contributed by atoms with van der Waals surface area (Å²) < 4.78 is 11.6. The molecule has 0 bridgehead atoms. The zero-order chi connectivity index (χ0) is 18.4. The molecule has 0 N–H and O–H groups in total. The van der Waals surface area contributed by atoms with Crippen molar-refractivity contribution in [3.63, 3.8) is 0 Å². The van der Waals surface area contributed by atoms with Crippen LogP contribution in [0.1, 0.15) is 44.2 Å². The van der Waals surface area contributed by atoms with E-state index in [-0.39, 0.29) is 11.5 Å². The molecule has 3 aliphatic heterocycles. The van der Waals surface area contributed by atoms with Gasteiger partial charge < -0.3 is 19.2 Å². The van der Waals surface area contributed by atoms with Gasteiger partial charge in [-0.15, -0.1) is 0 Å². The highest BCUT2D eigenvalue weighted by atomic mass is 16.7. The number of likely N-dealkylation sites (tertiary alicyclic amines) is 1. The van der Waals surface area contributed by atoms with Crippen molar-refractivity contribution in [1.29, 1.82) is 0 Å². The number of carbonyl (C=O) groups is 1. The highest BCUT2D eigenvalue weighted by molar-refractivity contribution is 5.94. The van der Waals surface area contributed by atoms with E-state index in [0.717, 1.165) is 30.7 Å². The first-order valence-electron chi connectivity index (χ1n) is 9.28. The fraction of sp³-hybridized carbons (Fsp3) is 0.600. The number of hydrogen-bond acceptors (Lipinski definition) is 5. The average molecular weight is 358 g/mol. The van der Waals surface area contributed by atoms with Crippen LogP contribution in [-0.4, -0.2) is 48.9 Å². The molecule has 0 radical (unpaired) electrons. The third kappa shape index (κ3) is 2.76. The lowest BCUT2D eigenvalue weighted by atomic mass is 9.79. The van der Waals surface area contributed by atoms with E-state index in [1.54, 1.807) is 7.11 Å². The van der Waals surface area contributed by atoms with Crippen LogP contribution < -0.4 is 4.74 Å². The van der Waals surface area contributed by atoms with Gasteiger partial charge in [-0.1, -0.05) is 11.2 Å². The Kier molecular flexibility index (Phi) is 4.18. The predicted molar refractivity (Wildman–Crippen MR) is 97.4 cm³/mol. The second kappa shape index (κ2) is 6.27. The lowest BCUT2D eigenvalue weighted by Crippen LogP contribution is -2.54. The smallest absolute Gasteiger partial charge is 0.269 e. The molecule has 3 aliphatic rings. The van der Waals surface area contributed by atoms with Crippen LogP contribution in [-0.2, 0) is 26.4 Å². The van der Waals surface area contributed by atoms with E-state index in [4.69, 9.17) is 14.3 Å². The second-order valence-electron chi connectivity index (χ2n) is 7.73. The Labute approximate surface area is 154 Å². The Balaban J connectivity index is 1.50. The van der Waals surface area contributed by atoms with Crippen molar-refractivity contribution in [2.24, 2.45) is 5.16 Å². The van der Waals surface area contributed by atoms with Crippen molar-refractivity contribution in [1.82, 2.24) is 4.90 Å². The Hall–Kier alpha value is -2.08. The van der Waals surface area contributed by atoms with Gasteiger partial charge in [0.25, 0.3) is 5.91 Å². The van der Waals surface area contributed by atoms with E-state index >= 15 is 0 Å². The Morgan fingerprint density at radius 3 is 2.73 bits per heavy atom. The van der Waals surface area contributed by atoms with Gasteiger partial charge in [0.05, 0.1) is 25.0 Å². The van der Waals surface area contributed by atoms with Gasteiger partial charge in [0.15, 0.2) is 0 Å². The minimum absolute atomic E-state index is 0.0266. The summed E-state index contributed by atoms with van der Waals surface area (Å²) in [5.41, 5.74) is 2.27. The third-order valence-corrected chi connectivity index (χ3v) is 5.86. The average Bonchev–Trinajstić information content (AvgIpc) is 3.02. The number of carbonyl (C=O) groups excluding carboxylic acids is 1. The van der Waals surface area contributed by atoms with Crippen molar-refractivity contribution >= 4 is 11.6 Å². The van der Waals surface area contributed by atoms with E-state index in [9.17, 15) is 4.79 Å². The Morgan fingerprint density at radius 2 is 2.08 bits per heavy atom. The number of hydrogen-bond donors (Lipinski definition) is 0. The second-order valence-corrected chi connectivity index (χ2v) is 7.73. The van der Waals surface area contributed by atoms with E-state index in [1.807, 2.05) is 24.8 Å². The van der Waals surface area contributed by atoms with Crippen LogP contribution >= 0.6 is 0 Å². The summed E-state index contributed by atoms with van der Waals surface area (Å²) in [6, 6.07) is 6.24. The first-order valence-corrected chi connectivity index (χ1v) is 9.28. The van der Waals surface area contributed by atoms with Crippen LogP contribution in [0.4, 0.5) is 0 Å². The van der Waals surface area contributed by atoms with Crippen LogP contribution in [0.3, 0.4) is 0 Å². The van der Waals surface area contributed by atoms with Crippen molar-refractivity contribution in [2.75, 3.05) is 26.8 Å². The molecule has 1 unspecified atom stereocenters. The number of ether oxygens (including phenoxy) is 2. The number of benzene rings is 1. The fourth-order valence-electron chi connectivity index (χ4n) is 4.45. The van der Waals surface area contributed by atoms with Gasteiger partial charge in [-0.25, -0.2) is 0 Å². The Bertz CT molecular complexity index is 752. The molecule has 4 rings (SSSR count). The highest BCUT2D eigenvalue weighted by Gasteiger charge is 2.47. The lowest BCUT2D eigenvalue weighted by molar-refractivity contribution is -0.160. The summed E-state index contributed by atoms with van der Waals surface area (Å²) in [7, 11) is 1.69. The summed E-state index contributed by atoms with van der Waals surface area (Å²) in [6.45, 7) is 5.77. The van der Waals surface area contributed by atoms with E-state index in [1.165, 1.54) is 11.1 Å². The largest absolute Gasteiger partial charge is 0.497 e. The van der Waals surface area contributed by atoms with Crippen molar-refractivity contribution < 1.29 is 19.1 Å². The molecule has 1 fully saturated rings. The Morgan fingerprint density at radius 1 is 1.31 bits per heavy atom. The zero-order valence-electron chi connectivity index (χ0n) is 15.7. The molecular formula is C20H26N2O4. The molecule has 6 heteroatoms. The maximum Gasteiger partial charge on any atom is 0.269 e. The van der Waals surface area contributed by atoms with Crippen LogP contribution in [0, 0.1) is 0 Å². The van der Waals surface area contributed by atoms with Crippen molar-refractivity contribution in [3.05, 3.63) is 29.3 Å². The van der Waals surface area contributed by atoms with Gasteiger partial charge in [0.2, 0.25) is 5.60 Å². The van der Waals surface area contributed by atoms with Gasteiger partial charge in [-0.05, 0) is 56.4 Å². The van der Waals surface area contributed by atoms with Gasteiger partial charge in [0.1, 0.15) is 5.75 Å². The zero-order valence-corrected chi connectivity index (χ0v) is 15.7. The normalized spacial score (nSPS) is 26.9. The molecule has 6 nitrogen and oxygen atoms in total. The van der Waals surface area contributed by atoms with Gasteiger partial charge in [0, 0.05) is 19.5 Å². The highest BCUT2D eigenvalue weighted by Crippen LogP contribution is 2.43. The van der Waals surface area contributed by atoms with E-state index < -0.39 is 5.60 Å². The van der Waals surface area contributed by atoms with Crippen LogP contribution in [0.25, 0.3) is 0 Å². The number of piperidine rings is 1. The molecule has 1 amide bonds. The molecule has 1 aromatic rings. The van der Waals surface area contributed by atoms with Crippen LogP contribution in [0.2, 0.25) is 0 Å². The first kappa shape index (κ1) is 17.3. The first-order chi connectivity index (χ1) is 12.5. The van der Waals surface area contributed by atoms with Crippen molar-refractivity contribution in [3.8, 4) is 5.75 Å². The number of rotatable bonds is 2. The predicted octanol–water partition coefficient (Wildman–Crippen LogP) is 2.64. The molecule has 1 spiro atoms. The summed E-state index contributed by atoms with van der Waals surface area (Å²) >= 11 is 0. The molecule has 0 aliphatic carbocycles. The van der Waals surface area contributed by atoms with Gasteiger partial charge in [-0.2, -0.15) is 0 Å². The molecule has 1 aromatic carbocycles. The standard InChI is InChI=1S/C20H26N2O4/c1-14-13-19(2,26-21-14)18(23)22-9-7-20(8-10-22)17-5-4-16(24-3)12-15(17)6-11-25-20/h4-5,12H,6-11,13H2,1-3H3. The lowest BCUT2D eigenvalue weighted by Gasteiger charge is -2.46. The molecule has 26 heavy (non-hydrogen) atoms. The quantitative estimate of drug-likeness (QED) is 0.815. The van der Waals surface area contributed by atoms with Crippen molar-refractivity contribution in [2.45, 2.75) is 50.7 Å². The molecule has 1 saturated heterocycles. The SMILES string of the molecule is COc1ccc2c(c1)CCOC21CCN(C(=O)C2(C)CC(C)=NO2)CC1.